The number of anilines is 1. The Kier molecular flexibility index (Phi) is 4.14. The van der Waals surface area contributed by atoms with Gasteiger partial charge in [0.25, 0.3) is 5.69 Å². The first-order valence-corrected chi connectivity index (χ1v) is 6.10. The van der Waals surface area contributed by atoms with E-state index in [1.54, 1.807) is 12.3 Å². The maximum absolute atomic E-state index is 10.8. The number of aryl methyl sites for hydroxylation is 1. The molecule has 0 amide bonds. The van der Waals surface area contributed by atoms with E-state index in [1.165, 1.54) is 12.1 Å². The highest BCUT2D eigenvalue weighted by atomic mass is 16.6. The fourth-order valence-corrected chi connectivity index (χ4v) is 1.72. The van der Waals surface area contributed by atoms with Gasteiger partial charge >= 0.3 is 0 Å². The van der Waals surface area contributed by atoms with E-state index in [-0.39, 0.29) is 12.3 Å². The molecule has 6 heteroatoms. The molecule has 104 valence electrons. The van der Waals surface area contributed by atoms with Crippen molar-refractivity contribution in [2.24, 2.45) is 0 Å². The molecule has 1 aromatic carbocycles. The van der Waals surface area contributed by atoms with Crippen LogP contribution in [0.5, 0.6) is 5.75 Å². The molecule has 0 unspecified atom stereocenters. The molecule has 0 radical (unpaired) electrons. The molecule has 0 bridgehead atoms. The monoisotopic (exact) mass is 273 g/mol. The van der Waals surface area contributed by atoms with Crippen LogP contribution in [0.25, 0.3) is 0 Å². The van der Waals surface area contributed by atoms with E-state index in [9.17, 15) is 10.1 Å². The van der Waals surface area contributed by atoms with Crippen LogP contribution in [0.2, 0.25) is 0 Å². The Hall–Kier alpha value is -2.63. The van der Waals surface area contributed by atoms with Gasteiger partial charge in [0, 0.05) is 25.0 Å². The fraction of sp³-hybridized carbons (Fsp3) is 0.214. The molecule has 1 N–H and O–H groups in total. The van der Waals surface area contributed by atoms with Crippen LogP contribution < -0.4 is 10.1 Å². The lowest BCUT2D eigenvalue weighted by Crippen LogP contribution is -2.01. The highest BCUT2D eigenvalue weighted by Crippen LogP contribution is 2.24. The van der Waals surface area contributed by atoms with Gasteiger partial charge in [-0.25, -0.2) is 0 Å². The van der Waals surface area contributed by atoms with Gasteiger partial charge in [0.15, 0.2) is 0 Å². The van der Waals surface area contributed by atoms with Crippen molar-refractivity contribution in [2.75, 3.05) is 12.4 Å². The van der Waals surface area contributed by atoms with Crippen molar-refractivity contribution in [2.45, 2.75) is 13.5 Å². The lowest BCUT2D eigenvalue weighted by atomic mass is 10.2. The van der Waals surface area contributed by atoms with E-state index < -0.39 is 4.92 Å². The zero-order valence-electron chi connectivity index (χ0n) is 11.3. The van der Waals surface area contributed by atoms with E-state index in [4.69, 9.17) is 4.74 Å². The molecule has 2 aromatic rings. The third-order valence-electron chi connectivity index (χ3n) is 2.86. The van der Waals surface area contributed by atoms with Crippen molar-refractivity contribution in [3.05, 3.63) is 57.9 Å². The Bertz CT molecular complexity index is 629. The number of hydrogen-bond donors (Lipinski definition) is 1. The van der Waals surface area contributed by atoms with Crippen molar-refractivity contribution >= 4 is 11.4 Å². The maximum Gasteiger partial charge on any atom is 0.273 e. The lowest BCUT2D eigenvalue weighted by molar-refractivity contribution is -0.385. The number of hydrogen-bond acceptors (Lipinski definition) is 5. The van der Waals surface area contributed by atoms with Crippen molar-refractivity contribution in [1.29, 1.82) is 0 Å². The summed E-state index contributed by atoms with van der Waals surface area (Å²) >= 11 is 0. The van der Waals surface area contributed by atoms with Crippen LogP contribution in [0.15, 0.2) is 36.5 Å². The number of pyridine rings is 1. The molecule has 0 aliphatic heterocycles. The smallest absolute Gasteiger partial charge is 0.273 e. The first kappa shape index (κ1) is 13.8. The topological polar surface area (TPSA) is 77.3 Å². The average molecular weight is 273 g/mol. The number of non-ortho nitro benzene ring substituents is 1. The van der Waals surface area contributed by atoms with Crippen LogP contribution >= 0.6 is 0 Å². The summed E-state index contributed by atoms with van der Waals surface area (Å²) in [7, 11) is 1.82. The zero-order chi connectivity index (χ0) is 14.5. The average Bonchev–Trinajstić information content (AvgIpc) is 2.46. The Balaban J connectivity index is 2.13. The molecule has 0 fully saturated rings. The minimum atomic E-state index is -0.438. The molecule has 0 atom stereocenters. The standard InChI is InChI=1S/C14H15N3O3/c1-10-3-4-13(17(18)19)8-14(10)20-9-12-7-11(15-2)5-6-16-12/h3-8H,9H2,1-2H3,(H,15,16). The van der Waals surface area contributed by atoms with Crippen molar-refractivity contribution in [3.63, 3.8) is 0 Å². The number of aromatic nitrogens is 1. The minimum absolute atomic E-state index is 0.0162. The highest BCUT2D eigenvalue weighted by molar-refractivity contribution is 5.44. The molecule has 0 aliphatic carbocycles. The third-order valence-corrected chi connectivity index (χ3v) is 2.86. The lowest BCUT2D eigenvalue weighted by Gasteiger charge is -2.09. The predicted molar refractivity (Wildman–Crippen MR) is 75.9 cm³/mol. The zero-order valence-corrected chi connectivity index (χ0v) is 11.3. The van der Waals surface area contributed by atoms with Crippen LogP contribution in [0.3, 0.4) is 0 Å². The molecule has 6 nitrogen and oxygen atoms in total. The summed E-state index contributed by atoms with van der Waals surface area (Å²) in [6, 6.07) is 8.28. The van der Waals surface area contributed by atoms with Crippen LogP contribution in [-0.2, 0) is 6.61 Å². The molecule has 2 rings (SSSR count). The first-order chi connectivity index (χ1) is 9.60. The van der Waals surface area contributed by atoms with Crippen molar-refractivity contribution in [1.82, 2.24) is 4.98 Å². The molecule has 0 aliphatic rings. The summed E-state index contributed by atoms with van der Waals surface area (Å²) in [5.74, 6) is 0.496. The Morgan fingerprint density at radius 2 is 2.15 bits per heavy atom. The summed E-state index contributed by atoms with van der Waals surface area (Å²) in [6.45, 7) is 2.11. The second kappa shape index (κ2) is 6.01. The maximum atomic E-state index is 10.8. The molecule has 0 spiro atoms. The van der Waals surface area contributed by atoms with Gasteiger partial charge in [-0.1, -0.05) is 0 Å². The minimum Gasteiger partial charge on any atom is -0.487 e. The number of benzene rings is 1. The van der Waals surface area contributed by atoms with Crippen molar-refractivity contribution in [3.8, 4) is 5.75 Å². The second-order valence-electron chi connectivity index (χ2n) is 4.28. The van der Waals surface area contributed by atoms with Crippen molar-refractivity contribution < 1.29 is 9.66 Å². The SMILES string of the molecule is CNc1ccnc(COc2cc([N+](=O)[O-])ccc2C)c1. The van der Waals surface area contributed by atoms with Gasteiger partial charge in [-0.15, -0.1) is 0 Å². The van der Waals surface area contributed by atoms with E-state index in [1.807, 2.05) is 26.1 Å². The molecule has 1 aromatic heterocycles. The van der Waals surface area contributed by atoms with Crippen LogP contribution in [0.1, 0.15) is 11.3 Å². The quantitative estimate of drug-likeness (QED) is 0.669. The third kappa shape index (κ3) is 3.23. The summed E-state index contributed by atoms with van der Waals surface area (Å²) < 4.78 is 5.62. The summed E-state index contributed by atoms with van der Waals surface area (Å²) in [5, 5.41) is 13.8. The number of nitro groups is 1. The van der Waals surface area contributed by atoms with Gasteiger partial charge in [0.05, 0.1) is 16.7 Å². The van der Waals surface area contributed by atoms with Gasteiger partial charge in [-0.05, 0) is 30.7 Å². The normalized spacial score (nSPS) is 10.1. The summed E-state index contributed by atoms with van der Waals surface area (Å²) in [4.78, 5) is 14.5. The van der Waals surface area contributed by atoms with Gasteiger partial charge in [0.1, 0.15) is 12.4 Å². The second-order valence-corrected chi connectivity index (χ2v) is 4.28. The molecule has 0 saturated carbocycles. The van der Waals surface area contributed by atoms with Crippen LogP contribution in [-0.4, -0.2) is 17.0 Å². The predicted octanol–water partition coefficient (Wildman–Crippen LogP) is 2.92. The van der Waals surface area contributed by atoms with Crippen LogP contribution in [0, 0.1) is 17.0 Å². The molecule has 20 heavy (non-hydrogen) atoms. The molecule has 0 saturated heterocycles. The van der Waals surface area contributed by atoms with Gasteiger partial charge in [-0.3, -0.25) is 15.1 Å². The van der Waals surface area contributed by atoms with Gasteiger partial charge < -0.3 is 10.1 Å². The van der Waals surface area contributed by atoms with E-state index in [2.05, 4.69) is 10.3 Å². The first-order valence-electron chi connectivity index (χ1n) is 6.10. The number of nitro benzene ring substituents is 1. The fourth-order valence-electron chi connectivity index (χ4n) is 1.72. The molecular formula is C14H15N3O3. The number of nitrogens with zero attached hydrogens (tertiary/aromatic N) is 2. The van der Waals surface area contributed by atoms with Gasteiger partial charge in [0.2, 0.25) is 0 Å². The Morgan fingerprint density at radius 3 is 2.85 bits per heavy atom. The van der Waals surface area contributed by atoms with E-state index in [0.29, 0.717) is 5.75 Å². The Labute approximate surface area is 116 Å². The number of nitrogens with one attached hydrogen (secondary N) is 1. The molecule has 1 heterocycles. The van der Waals surface area contributed by atoms with Crippen LogP contribution in [0.4, 0.5) is 11.4 Å². The van der Waals surface area contributed by atoms with Gasteiger partial charge in [-0.2, -0.15) is 0 Å². The highest BCUT2D eigenvalue weighted by Gasteiger charge is 2.10. The number of ether oxygens (including phenoxy) is 1. The number of rotatable bonds is 5. The largest absolute Gasteiger partial charge is 0.487 e. The summed E-state index contributed by atoms with van der Waals surface area (Å²) in [5.41, 5.74) is 2.56. The van der Waals surface area contributed by atoms with E-state index in [0.717, 1.165) is 16.9 Å². The van der Waals surface area contributed by atoms with E-state index >= 15 is 0 Å². The summed E-state index contributed by atoms with van der Waals surface area (Å²) in [6.07, 6.45) is 1.69. The Morgan fingerprint density at radius 1 is 1.35 bits per heavy atom. The molecular weight excluding hydrogens is 258 g/mol.